The molecule has 178 valence electrons. The van der Waals surface area contributed by atoms with Gasteiger partial charge in [-0.15, -0.1) is 0 Å². The smallest absolute Gasteiger partial charge is 0.339 e. The largest absolute Gasteiger partial charge is 0.462 e. The number of carbonyl (C=O) groups excluding carboxylic acids is 2. The average Bonchev–Trinajstić information content (AvgIpc) is 2.78. The number of esters is 1. The van der Waals surface area contributed by atoms with E-state index in [9.17, 15) is 18.0 Å². The fraction of sp³-hybridized carbons (Fsp3) is 0.200. The van der Waals surface area contributed by atoms with E-state index in [1.54, 1.807) is 37.3 Å². The van der Waals surface area contributed by atoms with E-state index in [1.165, 1.54) is 16.4 Å². The van der Waals surface area contributed by atoms with Gasteiger partial charge in [0.25, 0.3) is 5.91 Å². The van der Waals surface area contributed by atoms with Crippen molar-refractivity contribution in [1.29, 1.82) is 0 Å². The van der Waals surface area contributed by atoms with E-state index < -0.39 is 21.9 Å². The number of aryl methyl sites for hydroxylation is 1. The number of nitrogens with zero attached hydrogens (tertiary/aromatic N) is 1. The van der Waals surface area contributed by atoms with Crippen LogP contribution in [0.25, 0.3) is 0 Å². The van der Waals surface area contributed by atoms with Crippen LogP contribution < -0.4 is 9.62 Å². The molecule has 0 spiro atoms. The maximum absolute atomic E-state index is 12.7. The third-order valence-corrected chi connectivity index (χ3v) is 6.57. The molecule has 1 N–H and O–H groups in total. The molecule has 0 saturated heterocycles. The Kier molecular flexibility index (Phi) is 7.96. The normalized spacial score (nSPS) is 11.1. The highest BCUT2D eigenvalue weighted by molar-refractivity contribution is 7.92. The quantitative estimate of drug-likeness (QED) is 0.437. The zero-order valence-corrected chi connectivity index (χ0v) is 20.6. The average molecular weight is 501 g/mol. The van der Waals surface area contributed by atoms with E-state index in [4.69, 9.17) is 16.3 Å². The molecule has 1 amide bonds. The van der Waals surface area contributed by atoms with Crippen LogP contribution >= 0.6 is 11.6 Å². The summed E-state index contributed by atoms with van der Waals surface area (Å²) in [6.45, 7) is 4.03. The Balaban J connectivity index is 1.77. The van der Waals surface area contributed by atoms with Crippen molar-refractivity contribution in [2.75, 3.05) is 22.5 Å². The molecule has 0 aliphatic rings. The third-order valence-electron chi connectivity index (χ3n) is 5.12. The molecule has 0 radical (unpaired) electrons. The van der Waals surface area contributed by atoms with Crippen LogP contribution in [0.15, 0.2) is 66.7 Å². The summed E-state index contributed by atoms with van der Waals surface area (Å²) in [4.78, 5) is 24.6. The van der Waals surface area contributed by atoms with Gasteiger partial charge in [0.15, 0.2) is 0 Å². The molecule has 3 aromatic rings. The number of hydrogen-bond acceptors (Lipinski definition) is 5. The van der Waals surface area contributed by atoms with Crippen LogP contribution in [-0.2, 0) is 21.3 Å². The number of sulfonamides is 1. The topological polar surface area (TPSA) is 92.8 Å². The van der Waals surface area contributed by atoms with Crippen molar-refractivity contribution in [1.82, 2.24) is 0 Å². The van der Waals surface area contributed by atoms with Crippen molar-refractivity contribution < 1.29 is 22.7 Å². The second-order valence-electron chi connectivity index (χ2n) is 7.61. The number of anilines is 2. The Hall–Kier alpha value is -3.36. The number of ether oxygens (including phenoxy) is 1. The summed E-state index contributed by atoms with van der Waals surface area (Å²) >= 11 is 6.15. The maximum atomic E-state index is 12.7. The maximum Gasteiger partial charge on any atom is 0.339 e. The molecule has 0 aliphatic carbocycles. The molecule has 0 fully saturated rings. The minimum Gasteiger partial charge on any atom is -0.462 e. The standard InChI is InChI=1S/C25H25ClN2O5S/c1-4-33-25(30)22-14-11-20(15-23(22)26)27-24(29)18-9-12-21(13-10-18)28(34(3,31)32)16-19-8-6-5-7-17(19)2/h5-15H,4,16H2,1-3H3,(H,27,29). The van der Waals surface area contributed by atoms with Crippen LogP contribution in [0.5, 0.6) is 0 Å². The molecule has 0 saturated carbocycles. The van der Waals surface area contributed by atoms with Gasteiger partial charge < -0.3 is 10.1 Å². The van der Waals surface area contributed by atoms with Gasteiger partial charge in [-0.3, -0.25) is 9.10 Å². The number of hydrogen-bond donors (Lipinski definition) is 1. The van der Waals surface area contributed by atoms with Gasteiger partial charge in [-0.05, 0) is 67.4 Å². The van der Waals surface area contributed by atoms with Crippen LogP contribution in [0.3, 0.4) is 0 Å². The van der Waals surface area contributed by atoms with E-state index in [-0.39, 0.29) is 23.7 Å². The molecular formula is C25H25ClN2O5S. The van der Waals surface area contributed by atoms with Gasteiger partial charge in [-0.1, -0.05) is 35.9 Å². The van der Waals surface area contributed by atoms with E-state index in [1.807, 2.05) is 31.2 Å². The van der Waals surface area contributed by atoms with Crippen LogP contribution in [0.1, 0.15) is 38.8 Å². The molecule has 0 atom stereocenters. The van der Waals surface area contributed by atoms with Crippen molar-refractivity contribution in [3.05, 3.63) is 94.0 Å². The summed E-state index contributed by atoms with van der Waals surface area (Å²) in [5.41, 5.74) is 3.27. The zero-order valence-electron chi connectivity index (χ0n) is 19.0. The van der Waals surface area contributed by atoms with Crippen molar-refractivity contribution in [2.45, 2.75) is 20.4 Å². The first-order valence-corrected chi connectivity index (χ1v) is 12.7. The number of rotatable bonds is 8. The Morgan fingerprint density at radius 2 is 1.71 bits per heavy atom. The Morgan fingerprint density at radius 1 is 1.03 bits per heavy atom. The van der Waals surface area contributed by atoms with Crippen molar-refractivity contribution in [3.8, 4) is 0 Å². The van der Waals surface area contributed by atoms with Crippen LogP contribution in [0, 0.1) is 6.92 Å². The van der Waals surface area contributed by atoms with E-state index in [2.05, 4.69) is 5.32 Å². The van der Waals surface area contributed by atoms with Crippen LogP contribution in [0.4, 0.5) is 11.4 Å². The first kappa shape index (κ1) is 25.3. The van der Waals surface area contributed by atoms with Crippen molar-refractivity contribution >= 4 is 44.9 Å². The summed E-state index contributed by atoms with van der Waals surface area (Å²) in [5.74, 6) is -0.946. The highest BCUT2D eigenvalue weighted by Crippen LogP contribution is 2.24. The molecule has 7 nitrogen and oxygen atoms in total. The molecule has 3 rings (SSSR count). The van der Waals surface area contributed by atoms with E-state index in [0.717, 1.165) is 17.4 Å². The van der Waals surface area contributed by atoms with Gasteiger partial charge in [-0.25, -0.2) is 13.2 Å². The summed E-state index contributed by atoms with van der Waals surface area (Å²) in [6, 6.07) is 18.3. The number of halogens is 1. The van der Waals surface area contributed by atoms with Gasteiger partial charge in [0, 0.05) is 11.3 Å². The van der Waals surface area contributed by atoms with Crippen molar-refractivity contribution in [3.63, 3.8) is 0 Å². The lowest BCUT2D eigenvalue weighted by Crippen LogP contribution is -2.29. The number of amides is 1. The molecule has 34 heavy (non-hydrogen) atoms. The summed E-state index contributed by atoms with van der Waals surface area (Å²) in [5, 5.41) is 2.87. The lowest BCUT2D eigenvalue weighted by Gasteiger charge is -2.23. The highest BCUT2D eigenvalue weighted by atomic mass is 35.5. The lowest BCUT2D eigenvalue weighted by molar-refractivity contribution is 0.0526. The van der Waals surface area contributed by atoms with Crippen molar-refractivity contribution in [2.24, 2.45) is 0 Å². The fourth-order valence-electron chi connectivity index (χ4n) is 3.29. The van der Waals surface area contributed by atoms with Gasteiger partial charge >= 0.3 is 5.97 Å². The van der Waals surface area contributed by atoms with Gasteiger partial charge in [0.2, 0.25) is 10.0 Å². The van der Waals surface area contributed by atoms with Gasteiger partial charge in [-0.2, -0.15) is 0 Å². The zero-order chi connectivity index (χ0) is 24.9. The predicted molar refractivity (Wildman–Crippen MR) is 134 cm³/mol. The molecular weight excluding hydrogens is 476 g/mol. The third kappa shape index (κ3) is 6.15. The lowest BCUT2D eigenvalue weighted by atomic mass is 10.1. The van der Waals surface area contributed by atoms with Crippen LogP contribution in [-0.4, -0.2) is 33.2 Å². The SMILES string of the molecule is CCOC(=O)c1ccc(NC(=O)c2ccc(N(Cc3ccccc3C)S(C)(=O)=O)cc2)cc1Cl. The minimum atomic E-state index is -3.55. The Morgan fingerprint density at radius 3 is 2.29 bits per heavy atom. The molecule has 0 bridgehead atoms. The fourth-order valence-corrected chi connectivity index (χ4v) is 4.43. The molecule has 0 aromatic heterocycles. The minimum absolute atomic E-state index is 0.159. The predicted octanol–water partition coefficient (Wildman–Crippen LogP) is 5.04. The summed E-state index contributed by atoms with van der Waals surface area (Å²) in [6.07, 6.45) is 1.15. The summed E-state index contributed by atoms with van der Waals surface area (Å²) < 4.78 is 31.2. The number of nitrogens with one attached hydrogen (secondary N) is 1. The van der Waals surface area contributed by atoms with E-state index >= 15 is 0 Å². The molecule has 9 heteroatoms. The second kappa shape index (κ2) is 10.7. The first-order valence-electron chi connectivity index (χ1n) is 10.5. The molecule has 0 unspecified atom stereocenters. The monoisotopic (exact) mass is 500 g/mol. The van der Waals surface area contributed by atoms with Crippen LogP contribution in [0.2, 0.25) is 5.02 Å². The Labute approximate surface area is 204 Å². The van der Waals surface area contributed by atoms with Gasteiger partial charge in [0.05, 0.1) is 35.7 Å². The second-order valence-corrected chi connectivity index (χ2v) is 9.93. The number of benzene rings is 3. The Bertz CT molecular complexity index is 1310. The molecule has 0 aliphatic heterocycles. The highest BCUT2D eigenvalue weighted by Gasteiger charge is 2.19. The first-order chi connectivity index (χ1) is 16.1. The molecule has 0 heterocycles. The van der Waals surface area contributed by atoms with Gasteiger partial charge in [0.1, 0.15) is 0 Å². The number of carbonyl (C=O) groups is 2. The van der Waals surface area contributed by atoms with E-state index in [0.29, 0.717) is 16.9 Å². The summed E-state index contributed by atoms with van der Waals surface area (Å²) in [7, 11) is -3.55. The molecule has 3 aromatic carbocycles.